The third-order valence-corrected chi connectivity index (χ3v) is 9.06. The van der Waals surface area contributed by atoms with E-state index >= 15 is 0 Å². The second-order valence-corrected chi connectivity index (χ2v) is 12.5. The fourth-order valence-electron chi connectivity index (χ4n) is 4.81. The summed E-state index contributed by atoms with van der Waals surface area (Å²) in [5.41, 5.74) is -0.288. The van der Waals surface area contributed by atoms with Crippen molar-refractivity contribution in [3.63, 3.8) is 0 Å². The molecule has 35 heavy (non-hydrogen) atoms. The Morgan fingerprint density at radius 3 is 2.29 bits per heavy atom. The smallest absolute Gasteiger partial charge is 0.417 e. The SMILES string of the molecule is CC(C)(C)OC(=O)N1CCC(S(=O)(=O)N2CCC(c3c[nH]c4ncc(C(F)(F)F)cc34)CC2)CC1. The molecule has 0 aliphatic carbocycles. The number of nitrogens with zero attached hydrogens (tertiary/aromatic N) is 3. The van der Waals surface area contributed by atoms with Gasteiger partial charge in [0.05, 0.1) is 10.8 Å². The Labute approximate surface area is 202 Å². The molecule has 0 spiro atoms. The van der Waals surface area contributed by atoms with E-state index in [4.69, 9.17) is 4.74 Å². The summed E-state index contributed by atoms with van der Waals surface area (Å²) in [6.45, 7) is 6.60. The van der Waals surface area contributed by atoms with Gasteiger partial charge in [-0.1, -0.05) is 0 Å². The van der Waals surface area contributed by atoms with Crippen LogP contribution in [0.15, 0.2) is 18.5 Å². The number of pyridine rings is 1. The lowest BCUT2D eigenvalue weighted by Gasteiger charge is -2.37. The zero-order valence-corrected chi connectivity index (χ0v) is 20.9. The molecular weight excluding hydrogens is 485 g/mol. The lowest BCUT2D eigenvalue weighted by Crippen LogP contribution is -2.49. The molecular formula is C23H31F3N4O4S. The fourth-order valence-corrected chi connectivity index (χ4v) is 6.76. The molecule has 8 nitrogen and oxygen atoms in total. The molecule has 4 heterocycles. The maximum atomic E-state index is 13.3. The molecule has 0 atom stereocenters. The zero-order valence-electron chi connectivity index (χ0n) is 20.1. The van der Waals surface area contributed by atoms with Crippen LogP contribution in [0.4, 0.5) is 18.0 Å². The van der Waals surface area contributed by atoms with Crippen LogP contribution in [0.2, 0.25) is 0 Å². The van der Waals surface area contributed by atoms with Crippen LogP contribution in [0.1, 0.15) is 63.5 Å². The Morgan fingerprint density at radius 1 is 1.09 bits per heavy atom. The minimum atomic E-state index is -4.48. The van der Waals surface area contributed by atoms with Gasteiger partial charge in [0.15, 0.2) is 0 Å². The summed E-state index contributed by atoms with van der Waals surface area (Å²) in [7, 11) is -3.54. The van der Waals surface area contributed by atoms with Gasteiger partial charge < -0.3 is 14.6 Å². The normalized spacial score (nSPS) is 19.9. The topological polar surface area (TPSA) is 95.6 Å². The predicted octanol–water partition coefficient (Wildman–Crippen LogP) is 4.49. The zero-order chi connectivity index (χ0) is 25.6. The van der Waals surface area contributed by atoms with Crippen LogP contribution < -0.4 is 0 Å². The monoisotopic (exact) mass is 516 g/mol. The van der Waals surface area contributed by atoms with Crippen molar-refractivity contribution in [2.45, 2.75) is 69.4 Å². The Bertz CT molecular complexity index is 1170. The molecule has 0 unspecified atom stereocenters. The number of piperidine rings is 2. The molecule has 2 saturated heterocycles. The predicted molar refractivity (Wildman–Crippen MR) is 124 cm³/mol. The van der Waals surface area contributed by atoms with Crippen molar-refractivity contribution in [3.05, 3.63) is 29.6 Å². The van der Waals surface area contributed by atoms with E-state index in [0.717, 1.165) is 17.8 Å². The first kappa shape index (κ1) is 25.7. The van der Waals surface area contributed by atoms with E-state index in [1.807, 2.05) is 0 Å². The minimum absolute atomic E-state index is 0.0606. The molecule has 4 rings (SSSR count). The molecule has 1 amide bonds. The number of carbonyl (C=O) groups excluding carboxylic acids is 1. The summed E-state index contributed by atoms with van der Waals surface area (Å²) in [5.74, 6) is -0.0606. The Balaban J connectivity index is 1.38. The summed E-state index contributed by atoms with van der Waals surface area (Å²) in [5, 5.41) is -0.139. The molecule has 1 N–H and O–H groups in total. The van der Waals surface area contributed by atoms with Crippen LogP contribution in [-0.2, 0) is 20.9 Å². The summed E-state index contributed by atoms with van der Waals surface area (Å²) < 4.78 is 72.8. The van der Waals surface area contributed by atoms with Crippen LogP contribution >= 0.6 is 0 Å². The number of likely N-dealkylation sites (tertiary alicyclic amines) is 1. The van der Waals surface area contributed by atoms with Crippen molar-refractivity contribution in [2.24, 2.45) is 0 Å². The maximum absolute atomic E-state index is 13.3. The highest BCUT2D eigenvalue weighted by atomic mass is 32.2. The number of nitrogens with one attached hydrogen (secondary N) is 1. The van der Waals surface area contributed by atoms with E-state index < -0.39 is 38.7 Å². The average Bonchev–Trinajstić information content (AvgIpc) is 3.21. The molecule has 2 aliphatic heterocycles. The maximum Gasteiger partial charge on any atom is 0.417 e. The van der Waals surface area contributed by atoms with Crippen LogP contribution in [0.25, 0.3) is 11.0 Å². The van der Waals surface area contributed by atoms with E-state index in [9.17, 15) is 26.4 Å². The van der Waals surface area contributed by atoms with Gasteiger partial charge in [-0.25, -0.2) is 22.5 Å². The van der Waals surface area contributed by atoms with Crippen molar-refractivity contribution >= 4 is 27.1 Å². The van der Waals surface area contributed by atoms with Gasteiger partial charge in [0.25, 0.3) is 0 Å². The molecule has 12 heteroatoms. The van der Waals surface area contributed by atoms with Crippen LogP contribution in [0, 0.1) is 0 Å². The largest absolute Gasteiger partial charge is 0.444 e. The molecule has 0 aromatic carbocycles. The average molecular weight is 517 g/mol. The van der Waals surface area contributed by atoms with E-state index in [1.165, 1.54) is 4.31 Å². The van der Waals surface area contributed by atoms with Gasteiger partial charge in [0, 0.05) is 44.0 Å². The van der Waals surface area contributed by atoms with E-state index in [1.54, 1.807) is 31.9 Å². The van der Waals surface area contributed by atoms with Crippen molar-refractivity contribution in [1.82, 2.24) is 19.2 Å². The first-order valence-electron chi connectivity index (χ1n) is 11.8. The van der Waals surface area contributed by atoms with Gasteiger partial charge in [-0.3, -0.25) is 0 Å². The van der Waals surface area contributed by atoms with E-state index in [0.29, 0.717) is 62.9 Å². The number of amides is 1. The standard InChI is InChI=1S/C23H31F3N4O4S/c1-22(2,3)34-21(31)29-8-6-17(7-9-29)35(32,33)30-10-4-15(5-11-30)19-14-28-20-18(19)12-16(13-27-20)23(24,25)26/h12-15,17H,4-11H2,1-3H3,(H,27,28). The molecule has 0 saturated carbocycles. The number of hydrogen-bond donors (Lipinski definition) is 1. The van der Waals surface area contributed by atoms with Crippen LogP contribution in [0.5, 0.6) is 0 Å². The summed E-state index contributed by atoms with van der Waals surface area (Å²) in [6, 6.07) is 1.11. The molecule has 2 fully saturated rings. The number of fused-ring (bicyclic) bond motifs is 1. The number of ether oxygens (including phenoxy) is 1. The lowest BCUT2D eigenvalue weighted by atomic mass is 9.90. The second kappa shape index (κ2) is 9.27. The van der Waals surface area contributed by atoms with E-state index in [-0.39, 0.29) is 5.92 Å². The van der Waals surface area contributed by atoms with Crippen LogP contribution in [-0.4, -0.2) is 70.7 Å². The Morgan fingerprint density at radius 2 is 1.71 bits per heavy atom. The first-order valence-corrected chi connectivity index (χ1v) is 13.3. The first-order chi connectivity index (χ1) is 16.3. The number of halogens is 3. The van der Waals surface area contributed by atoms with Gasteiger partial charge in [-0.2, -0.15) is 13.2 Å². The molecule has 0 bridgehead atoms. The highest BCUT2D eigenvalue weighted by molar-refractivity contribution is 7.89. The van der Waals surface area contributed by atoms with Gasteiger partial charge in [0.1, 0.15) is 11.2 Å². The lowest BCUT2D eigenvalue weighted by molar-refractivity contribution is -0.137. The van der Waals surface area contributed by atoms with Gasteiger partial charge in [-0.15, -0.1) is 0 Å². The fraction of sp³-hybridized carbons (Fsp3) is 0.652. The highest BCUT2D eigenvalue weighted by Gasteiger charge is 2.39. The third kappa shape index (κ3) is 5.58. The summed E-state index contributed by atoms with van der Waals surface area (Å²) in [4.78, 5) is 20.6. The summed E-state index contributed by atoms with van der Waals surface area (Å²) >= 11 is 0. The molecule has 194 valence electrons. The minimum Gasteiger partial charge on any atom is -0.444 e. The van der Waals surface area contributed by atoms with E-state index in [2.05, 4.69) is 9.97 Å². The third-order valence-electron chi connectivity index (χ3n) is 6.66. The molecule has 0 radical (unpaired) electrons. The van der Waals surface area contributed by atoms with Gasteiger partial charge in [-0.05, 0) is 64.0 Å². The van der Waals surface area contributed by atoms with Gasteiger partial charge in [0.2, 0.25) is 10.0 Å². The number of rotatable bonds is 3. The van der Waals surface area contributed by atoms with Gasteiger partial charge >= 0.3 is 12.3 Å². The molecule has 2 aromatic heterocycles. The number of aromatic amines is 1. The van der Waals surface area contributed by atoms with Crippen molar-refractivity contribution in [2.75, 3.05) is 26.2 Å². The quantitative estimate of drug-likeness (QED) is 0.649. The molecule has 2 aromatic rings. The number of aromatic nitrogens is 2. The number of sulfonamides is 1. The van der Waals surface area contributed by atoms with Crippen LogP contribution in [0.3, 0.4) is 0 Å². The Kier molecular flexibility index (Phi) is 6.82. The Hall–Kier alpha value is -2.34. The number of alkyl halides is 3. The second-order valence-electron chi connectivity index (χ2n) is 10.2. The number of hydrogen-bond acceptors (Lipinski definition) is 5. The van der Waals surface area contributed by atoms with Crippen molar-refractivity contribution in [1.29, 1.82) is 0 Å². The van der Waals surface area contributed by atoms with Crippen molar-refractivity contribution < 1.29 is 31.1 Å². The number of H-pyrrole nitrogens is 1. The highest BCUT2D eigenvalue weighted by Crippen LogP contribution is 2.37. The van der Waals surface area contributed by atoms with Crippen molar-refractivity contribution in [3.8, 4) is 0 Å². The molecule has 2 aliphatic rings. The summed E-state index contributed by atoms with van der Waals surface area (Å²) in [6.07, 6.45) is -0.711. The number of carbonyl (C=O) groups is 1.